The molecule has 0 atom stereocenters. The van der Waals surface area contributed by atoms with Crippen molar-refractivity contribution in [1.29, 1.82) is 0 Å². The van der Waals surface area contributed by atoms with Crippen molar-refractivity contribution in [2.45, 2.75) is 6.92 Å². The minimum Gasteiger partial charge on any atom is -0.322 e. The van der Waals surface area contributed by atoms with Crippen LogP contribution in [0.3, 0.4) is 0 Å². The standard InChI is InChI=1S/C4H7O5PS/c1-3(2)4(5)8-9-10(6,7)11/h1H2,2H3,(H2,6,7,11). The minimum atomic E-state index is -3.91. The zero-order valence-corrected chi connectivity index (χ0v) is 7.39. The van der Waals surface area contributed by atoms with Crippen LogP contribution in [0.5, 0.6) is 0 Å². The lowest BCUT2D eigenvalue weighted by molar-refractivity contribution is -0.212. The van der Waals surface area contributed by atoms with E-state index in [0.29, 0.717) is 0 Å². The van der Waals surface area contributed by atoms with E-state index in [2.05, 4.69) is 27.9 Å². The molecule has 0 aromatic carbocycles. The van der Waals surface area contributed by atoms with E-state index in [1.54, 1.807) is 0 Å². The summed E-state index contributed by atoms with van der Waals surface area (Å²) in [6.07, 6.45) is 0. The molecule has 0 heterocycles. The molecule has 0 unspecified atom stereocenters. The molecule has 0 aliphatic carbocycles. The van der Waals surface area contributed by atoms with E-state index in [0.717, 1.165) is 0 Å². The third-order valence-corrected chi connectivity index (χ3v) is 1.01. The third-order valence-electron chi connectivity index (χ3n) is 0.559. The molecule has 0 rings (SSSR count). The van der Waals surface area contributed by atoms with Crippen LogP contribution >= 0.6 is 6.72 Å². The quantitative estimate of drug-likeness (QED) is 0.293. The summed E-state index contributed by atoms with van der Waals surface area (Å²) in [5, 5.41) is 0. The Morgan fingerprint density at radius 1 is 1.64 bits per heavy atom. The van der Waals surface area contributed by atoms with Crippen LogP contribution < -0.4 is 0 Å². The summed E-state index contributed by atoms with van der Waals surface area (Å²) in [7, 11) is 0. The SMILES string of the molecule is C=C(C)C(=O)OOP(O)(O)=S. The molecule has 64 valence electrons. The van der Waals surface area contributed by atoms with E-state index in [4.69, 9.17) is 9.79 Å². The molecular formula is C4H7O5PS. The zero-order chi connectivity index (χ0) is 9.07. The van der Waals surface area contributed by atoms with Gasteiger partial charge in [0.2, 0.25) is 0 Å². The first-order valence-electron chi connectivity index (χ1n) is 2.44. The topological polar surface area (TPSA) is 76.0 Å². The monoisotopic (exact) mass is 198 g/mol. The van der Waals surface area contributed by atoms with Gasteiger partial charge in [0, 0.05) is 5.57 Å². The summed E-state index contributed by atoms with van der Waals surface area (Å²) in [4.78, 5) is 31.2. The molecule has 0 saturated carbocycles. The van der Waals surface area contributed by atoms with E-state index < -0.39 is 12.7 Å². The summed E-state index contributed by atoms with van der Waals surface area (Å²) in [5.74, 6) is -0.887. The summed E-state index contributed by atoms with van der Waals surface area (Å²) in [6, 6.07) is 0. The van der Waals surface area contributed by atoms with Gasteiger partial charge >= 0.3 is 12.7 Å². The maximum atomic E-state index is 10.5. The Bertz CT molecular complexity index is 219. The van der Waals surface area contributed by atoms with Crippen LogP contribution in [-0.4, -0.2) is 15.8 Å². The summed E-state index contributed by atoms with van der Waals surface area (Å²) in [6.45, 7) is 0.685. The second-order valence-corrected chi connectivity index (χ2v) is 4.27. The molecule has 7 heteroatoms. The lowest BCUT2D eigenvalue weighted by Crippen LogP contribution is -2.04. The van der Waals surface area contributed by atoms with Gasteiger partial charge in [-0.25, -0.2) is 4.79 Å². The van der Waals surface area contributed by atoms with Gasteiger partial charge < -0.3 is 9.79 Å². The van der Waals surface area contributed by atoms with Crippen LogP contribution in [-0.2, 0) is 26.2 Å². The van der Waals surface area contributed by atoms with Gasteiger partial charge in [0.15, 0.2) is 0 Å². The highest BCUT2D eigenvalue weighted by Gasteiger charge is 2.13. The maximum absolute atomic E-state index is 10.5. The Labute approximate surface area is 68.4 Å². The van der Waals surface area contributed by atoms with Gasteiger partial charge in [-0.3, -0.25) is 4.89 Å². The summed E-state index contributed by atoms with van der Waals surface area (Å²) in [5.41, 5.74) is 0.0773. The first kappa shape index (κ1) is 10.7. The molecular weight excluding hydrogens is 191 g/mol. The van der Waals surface area contributed by atoms with Gasteiger partial charge in [-0.1, -0.05) is 11.3 Å². The van der Waals surface area contributed by atoms with Crippen molar-refractivity contribution in [2.24, 2.45) is 0 Å². The molecule has 2 N–H and O–H groups in total. The molecule has 11 heavy (non-hydrogen) atoms. The molecule has 0 aliphatic rings. The second kappa shape index (κ2) is 3.94. The molecule has 0 aliphatic heterocycles. The number of carbonyl (C=O) groups excluding carboxylic acids is 1. The van der Waals surface area contributed by atoms with Crippen LogP contribution in [0.15, 0.2) is 12.2 Å². The lowest BCUT2D eigenvalue weighted by Gasteiger charge is -2.05. The van der Waals surface area contributed by atoms with Gasteiger partial charge in [-0.2, -0.15) is 0 Å². The molecule has 0 fully saturated rings. The lowest BCUT2D eigenvalue weighted by atomic mass is 10.4. The van der Waals surface area contributed by atoms with Gasteiger partial charge in [-0.15, -0.1) is 0 Å². The van der Waals surface area contributed by atoms with E-state index in [1.807, 2.05) is 0 Å². The van der Waals surface area contributed by atoms with E-state index >= 15 is 0 Å². The van der Waals surface area contributed by atoms with Crippen LogP contribution in [0.4, 0.5) is 0 Å². The molecule has 0 spiro atoms. The highest BCUT2D eigenvalue weighted by molar-refractivity contribution is 8.06. The Morgan fingerprint density at radius 3 is 2.36 bits per heavy atom. The normalized spacial score (nSPS) is 10.8. The number of hydrogen-bond donors (Lipinski definition) is 2. The fraction of sp³-hybridized carbons (Fsp3) is 0.250. The minimum absolute atomic E-state index is 0.0773. The van der Waals surface area contributed by atoms with Crippen LogP contribution in [0.1, 0.15) is 6.92 Å². The fourth-order valence-corrected chi connectivity index (χ4v) is 0.410. The van der Waals surface area contributed by atoms with Gasteiger partial charge in [0.25, 0.3) is 0 Å². The van der Waals surface area contributed by atoms with Crippen LogP contribution in [0, 0.1) is 0 Å². The average molecular weight is 198 g/mol. The number of carbonyl (C=O) groups is 1. The third kappa shape index (κ3) is 6.15. The van der Waals surface area contributed by atoms with Gasteiger partial charge in [0.1, 0.15) is 0 Å². The van der Waals surface area contributed by atoms with Gasteiger partial charge in [0.05, 0.1) is 0 Å². The number of rotatable bonds is 3. The highest BCUT2D eigenvalue weighted by atomic mass is 32.5. The summed E-state index contributed by atoms with van der Waals surface area (Å²) >= 11 is 3.98. The molecule has 0 saturated heterocycles. The van der Waals surface area contributed by atoms with Crippen molar-refractivity contribution in [1.82, 2.24) is 0 Å². The van der Waals surface area contributed by atoms with Crippen molar-refractivity contribution in [3.05, 3.63) is 12.2 Å². The largest absolute Gasteiger partial charge is 0.368 e. The van der Waals surface area contributed by atoms with Crippen molar-refractivity contribution >= 4 is 24.5 Å². The number of hydrogen-bond acceptors (Lipinski definition) is 4. The smallest absolute Gasteiger partial charge is 0.322 e. The first-order valence-corrected chi connectivity index (χ1v) is 5.07. The second-order valence-electron chi connectivity index (χ2n) is 1.72. The van der Waals surface area contributed by atoms with E-state index in [-0.39, 0.29) is 5.57 Å². The Kier molecular flexibility index (Phi) is 3.85. The molecule has 0 amide bonds. The Balaban J connectivity index is 3.82. The van der Waals surface area contributed by atoms with Crippen molar-refractivity contribution in [3.63, 3.8) is 0 Å². The molecule has 0 aromatic heterocycles. The first-order chi connectivity index (χ1) is 4.83. The maximum Gasteiger partial charge on any atom is 0.368 e. The molecule has 0 bridgehead atoms. The Hall–Kier alpha value is -0.260. The van der Waals surface area contributed by atoms with Crippen LogP contribution in [0.2, 0.25) is 0 Å². The van der Waals surface area contributed by atoms with Crippen molar-refractivity contribution in [2.75, 3.05) is 0 Å². The predicted molar refractivity (Wildman–Crippen MR) is 40.7 cm³/mol. The molecule has 0 aromatic rings. The summed E-state index contributed by atoms with van der Waals surface area (Å²) < 4.78 is 3.78. The van der Waals surface area contributed by atoms with Crippen molar-refractivity contribution < 1.29 is 24.1 Å². The van der Waals surface area contributed by atoms with Gasteiger partial charge in [-0.05, 0) is 18.7 Å². The van der Waals surface area contributed by atoms with Crippen molar-refractivity contribution in [3.8, 4) is 0 Å². The van der Waals surface area contributed by atoms with E-state index in [9.17, 15) is 4.79 Å². The highest BCUT2D eigenvalue weighted by Crippen LogP contribution is 2.36. The zero-order valence-electron chi connectivity index (χ0n) is 5.68. The van der Waals surface area contributed by atoms with E-state index in [1.165, 1.54) is 6.92 Å². The molecule has 0 radical (unpaired) electrons. The molecule has 5 nitrogen and oxygen atoms in total. The Morgan fingerprint density at radius 2 is 2.09 bits per heavy atom. The fourth-order valence-electron chi connectivity index (χ4n) is 0.154. The average Bonchev–Trinajstić information content (AvgIpc) is 1.80. The van der Waals surface area contributed by atoms with Crippen LogP contribution in [0.25, 0.3) is 0 Å². The predicted octanol–water partition coefficient (Wildman–Crippen LogP) is 0.246.